The zero-order chi connectivity index (χ0) is 19.8. The second-order valence-electron chi connectivity index (χ2n) is 8.05. The maximum absolute atomic E-state index is 12.3. The van der Waals surface area contributed by atoms with Gasteiger partial charge in [0.1, 0.15) is 22.4 Å². The number of thiophene rings is 1. The first-order chi connectivity index (χ1) is 12.6. The summed E-state index contributed by atoms with van der Waals surface area (Å²) in [7, 11) is 0. The number of halogens is 1. The van der Waals surface area contributed by atoms with Crippen molar-refractivity contribution >= 4 is 33.8 Å². The number of hydrogen-bond donors (Lipinski definition) is 2. The highest BCUT2D eigenvalue weighted by Gasteiger charge is 2.44. The largest absolute Gasteiger partial charge is 0.484 e. The Bertz CT molecular complexity index is 911. The molecule has 2 heterocycles. The monoisotopic (exact) mass is 404 g/mol. The van der Waals surface area contributed by atoms with Crippen molar-refractivity contribution in [2.24, 2.45) is 0 Å². The molecule has 0 spiro atoms. The SMILES string of the molecule is CC1(C)Cc2c(sc(NC(=O)COc3ccc(Cl)cc3)c2C#N)C(C)(C)[NH2+]1. The fourth-order valence-electron chi connectivity index (χ4n) is 3.75. The summed E-state index contributed by atoms with van der Waals surface area (Å²) in [6.45, 7) is 8.53. The predicted molar refractivity (Wildman–Crippen MR) is 107 cm³/mol. The summed E-state index contributed by atoms with van der Waals surface area (Å²) in [5.41, 5.74) is 1.48. The molecule has 1 aromatic carbocycles. The molecule has 3 rings (SSSR count). The first-order valence-electron chi connectivity index (χ1n) is 8.73. The number of nitriles is 1. The van der Waals surface area contributed by atoms with Gasteiger partial charge in [-0.2, -0.15) is 5.26 Å². The molecule has 142 valence electrons. The van der Waals surface area contributed by atoms with Gasteiger partial charge in [-0.15, -0.1) is 11.3 Å². The Morgan fingerprint density at radius 3 is 2.63 bits per heavy atom. The van der Waals surface area contributed by atoms with Crippen molar-refractivity contribution < 1.29 is 14.8 Å². The summed E-state index contributed by atoms with van der Waals surface area (Å²) >= 11 is 7.33. The van der Waals surface area contributed by atoms with Crippen molar-refractivity contribution in [3.05, 3.63) is 45.3 Å². The molecule has 7 heteroatoms. The number of carbonyl (C=O) groups is 1. The number of carbonyl (C=O) groups excluding carboxylic acids is 1. The number of benzene rings is 1. The van der Waals surface area contributed by atoms with Crippen LogP contribution in [0.1, 0.15) is 43.7 Å². The second kappa shape index (κ2) is 7.16. The third-order valence-corrected chi connectivity index (χ3v) is 6.26. The Morgan fingerprint density at radius 2 is 2.00 bits per heavy atom. The summed E-state index contributed by atoms with van der Waals surface area (Å²) in [6, 6.07) is 9.12. The van der Waals surface area contributed by atoms with E-state index in [2.05, 4.69) is 44.4 Å². The van der Waals surface area contributed by atoms with E-state index < -0.39 is 0 Å². The standard InChI is InChI=1S/C20H22ClN3O2S/c1-19(2)9-14-15(10-22)18(27-17(14)20(3,4)24-19)23-16(25)11-26-13-7-5-12(21)6-8-13/h5-8,24H,9,11H2,1-4H3,(H,23,25)/p+1. The van der Waals surface area contributed by atoms with Gasteiger partial charge in [-0.1, -0.05) is 11.6 Å². The topological polar surface area (TPSA) is 78.7 Å². The lowest BCUT2D eigenvalue weighted by atomic mass is 9.81. The lowest BCUT2D eigenvalue weighted by Crippen LogP contribution is -3.03. The number of nitrogens with two attached hydrogens (primary N) is 1. The van der Waals surface area contributed by atoms with Crippen LogP contribution >= 0.6 is 22.9 Å². The predicted octanol–water partition coefficient (Wildman–Crippen LogP) is 3.42. The van der Waals surface area contributed by atoms with Gasteiger partial charge in [-0.3, -0.25) is 4.79 Å². The molecule has 0 atom stereocenters. The van der Waals surface area contributed by atoms with Crippen molar-refractivity contribution in [2.45, 2.75) is 45.2 Å². The number of nitrogens with one attached hydrogen (secondary N) is 1. The molecule has 0 saturated heterocycles. The first kappa shape index (κ1) is 19.7. The summed E-state index contributed by atoms with van der Waals surface area (Å²) in [5.74, 6) is 0.277. The van der Waals surface area contributed by atoms with Crippen LogP contribution in [0.3, 0.4) is 0 Å². The van der Waals surface area contributed by atoms with E-state index in [9.17, 15) is 10.1 Å². The zero-order valence-corrected chi connectivity index (χ0v) is 17.4. The average Bonchev–Trinajstić information content (AvgIpc) is 2.90. The van der Waals surface area contributed by atoms with Crippen LogP contribution in [-0.2, 0) is 16.8 Å². The molecule has 0 unspecified atom stereocenters. The van der Waals surface area contributed by atoms with E-state index in [-0.39, 0.29) is 23.6 Å². The highest BCUT2D eigenvalue weighted by molar-refractivity contribution is 7.16. The van der Waals surface area contributed by atoms with E-state index in [0.717, 1.165) is 16.9 Å². The Balaban J connectivity index is 1.78. The van der Waals surface area contributed by atoms with Crippen molar-refractivity contribution in [1.29, 1.82) is 5.26 Å². The number of nitrogens with zero attached hydrogens (tertiary/aromatic N) is 1. The van der Waals surface area contributed by atoms with Gasteiger partial charge in [-0.05, 0) is 57.5 Å². The Kier molecular flexibility index (Phi) is 5.22. The van der Waals surface area contributed by atoms with Crippen LogP contribution in [0.2, 0.25) is 5.02 Å². The van der Waals surface area contributed by atoms with Crippen LogP contribution in [-0.4, -0.2) is 18.1 Å². The lowest BCUT2D eigenvalue weighted by molar-refractivity contribution is -0.789. The van der Waals surface area contributed by atoms with E-state index in [0.29, 0.717) is 21.3 Å². The van der Waals surface area contributed by atoms with E-state index >= 15 is 0 Å². The van der Waals surface area contributed by atoms with E-state index in [1.54, 1.807) is 24.3 Å². The molecule has 1 aliphatic rings. The summed E-state index contributed by atoms with van der Waals surface area (Å²) in [5, 5.41) is 16.1. The van der Waals surface area contributed by atoms with Crippen LogP contribution in [0.25, 0.3) is 0 Å². The first-order valence-corrected chi connectivity index (χ1v) is 9.92. The minimum atomic E-state index is -0.291. The van der Waals surface area contributed by atoms with Gasteiger partial charge < -0.3 is 15.4 Å². The van der Waals surface area contributed by atoms with Gasteiger partial charge in [0, 0.05) is 11.4 Å². The molecule has 1 aromatic heterocycles. The highest BCUT2D eigenvalue weighted by Crippen LogP contribution is 2.41. The van der Waals surface area contributed by atoms with E-state index in [1.165, 1.54) is 11.3 Å². The molecule has 27 heavy (non-hydrogen) atoms. The number of fused-ring (bicyclic) bond motifs is 1. The Morgan fingerprint density at radius 1 is 1.33 bits per heavy atom. The molecule has 0 radical (unpaired) electrons. The molecular weight excluding hydrogens is 382 g/mol. The van der Waals surface area contributed by atoms with Gasteiger partial charge in [0.05, 0.1) is 16.0 Å². The number of anilines is 1. The average molecular weight is 405 g/mol. The van der Waals surface area contributed by atoms with Crippen LogP contribution in [0, 0.1) is 11.3 Å². The van der Waals surface area contributed by atoms with Gasteiger partial charge in [0.15, 0.2) is 6.61 Å². The van der Waals surface area contributed by atoms with E-state index in [1.807, 2.05) is 0 Å². The second-order valence-corrected chi connectivity index (χ2v) is 9.50. The fraction of sp³-hybridized carbons (Fsp3) is 0.400. The molecule has 1 aliphatic heterocycles. The zero-order valence-electron chi connectivity index (χ0n) is 15.9. The Labute approximate surface area is 168 Å². The number of ether oxygens (including phenoxy) is 1. The van der Waals surface area contributed by atoms with Gasteiger partial charge >= 0.3 is 0 Å². The summed E-state index contributed by atoms with van der Waals surface area (Å²) in [6.07, 6.45) is 0.794. The molecule has 3 N–H and O–H groups in total. The van der Waals surface area contributed by atoms with Crippen LogP contribution in [0.15, 0.2) is 24.3 Å². The highest BCUT2D eigenvalue weighted by atomic mass is 35.5. The molecule has 2 aromatic rings. The van der Waals surface area contributed by atoms with Crippen LogP contribution in [0.5, 0.6) is 5.75 Å². The normalized spacial score (nSPS) is 16.9. The molecular formula is C20H23ClN3O2S+. The van der Waals surface area contributed by atoms with Gasteiger partial charge in [-0.25, -0.2) is 0 Å². The van der Waals surface area contributed by atoms with Crippen molar-refractivity contribution in [1.82, 2.24) is 0 Å². The summed E-state index contributed by atoms with van der Waals surface area (Å²) in [4.78, 5) is 13.5. The fourth-order valence-corrected chi connectivity index (χ4v) is 5.14. The summed E-state index contributed by atoms with van der Waals surface area (Å²) < 4.78 is 5.49. The third-order valence-electron chi connectivity index (χ3n) is 4.52. The molecule has 0 fully saturated rings. The lowest BCUT2D eigenvalue weighted by Gasteiger charge is -2.38. The van der Waals surface area contributed by atoms with Crippen LogP contribution < -0.4 is 15.4 Å². The van der Waals surface area contributed by atoms with Crippen LogP contribution in [0.4, 0.5) is 5.00 Å². The van der Waals surface area contributed by atoms with Crippen molar-refractivity contribution in [3.8, 4) is 11.8 Å². The van der Waals surface area contributed by atoms with Crippen molar-refractivity contribution in [3.63, 3.8) is 0 Å². The smallest absolute Gasteiger partial charge is 0.262 e. The van der Waals surface area contributed by atoms with Gasteiger partial charge in [0.2, 0.25) is 0 Å². The maximum atomic E-state index is 12.3. The number of rotatable bonds is 4. The molecule has 0 saturated carbocycles. The molecule has 0 bridgehead atoms. The maximum Gasteiger partial charge on any atom is 0.262 e. The van der Waals surface area contributed by atoms with E-state index in [4.69, 9.17) is 16.3 Å². The molecule has 0 aliphatic carbocycles. The number of amides is 1. The molecule has 5 nitrogen and oxygen atoms in total. The van der Waals surface area contributed by atoms with Crippen molar-refractivity contribution in [2.75, 3.05) is 11.9 Å². The number of hydrogen-bond acceptors (Lipinski definition) is 4. The quantitative estimate of drug-likeness (QED) is 0.819. The minimum Gasteiger partial charge on any atom is -0.484 e. The minimum absolute atomic E-state index is 0.00213. The molecule has 1 amide bonds. The van der Waals surface area contributed by atoms with Gasteiger partial charge in [0.25, 0.3) is 5.91 Å². The third kappa shape index (κ3) is 4.27. The Hall–Kier alpha value is -2.07. The number of quaternary nitrogens is 1.